The molecular weight excluding hydrogens is 224 g/mol. The second-order valence-corrected chi connectivity index (χ2v) is 2.01. The molecule has 0 atom stereocenters. The molecule has 2 nitrogen and oxygen atoms in total. The van der Waals surface area contributed by atoms with Crippen LogP contribution in [0, 0.1) is 12.2 Å². The van der Waals surface area contributed by atoms with Crippen molar-refractivity contribution >= 4 is 0 Å². The molecule has 0 aromatic rings. The number of allylic oxidation sites excluding steroid dienone is 8. The van der Waals surface area contributed by atoms with Gasteiger partial charge in [0.2, 0.25) is 0 Å². The average molecular weight is 240 g/mol. The molecule has 0 fully saturated rings. The van der Waals surface area contributed by atoms with Crippen LogP contribution in [0.1, 0.15) is 12.8 Å². The average Bonchev–Trinajstić information content (AvgIpc) is 3.01. The van der Waals surface area contributed by atoms with E-state index in [1.54, 1.807) is 0 Å². The molecule has 0 unspecified atom stereocenters. The first-order valence-corrected chi connectivity index (χ1v) is 4.25. The molecule has 0 bridgehead atoms. The van der Waals surface area contributed by atoms with Gasteiger partial charge in [0, 0.05) is 0 Å². The van der Waals surface area contributed by atoms with Crippen molar-refractivity contribution in [1.82, 2.24) is 0 Å². The Balaban J connectivity index is -0.000000138. The van der Waals surface area contributed by atoms with Crippen molar-refractivity contribution in [2.75, 3.05) is 14.2 Å². The zero-order valence-corrected chi connectivity index (χ0v) is 10.8. The van der Waals surface area contributed by atoms with E-state index in [0.29, 0.717) is 0 Å². The fourth-order valence-corrected chi connectivity index (χ4v) is 0.680. The summed E-state index contributed by atoms with van der Waals surface area (Å²) in [4.78, 5) is 0. The molecule has 2 rings (SSSR count). The van der Waals surface area contributed by atoms with Crippen LogP contribution < -0.4 is 10.2 Å². The van der Waals surface area contributed by atoms with E-state index in [4.69, 9.17) is 10.2 Å². The van der Waals surface area contributed by atoms with Crippen molar-refractivity contribution < 1.29 is 31.9 Å². The van der Waals surface area contributed by atoms with Gasteiger partial charge in [0.05, 0.1) is 0 Å². The minimum Gasteiger partial charge on any atom is -0.857 e. The van der Waals surface area contributed by atoms with Crippen molar-refractivity contribution in [1.29, 1.82) is 0 Å². The molecule has 80 valence electrons. The predicted molar refractivity (Wildman–Crippen MR) is 55.0 cm³/mol. The van der Waals surface area contributed by atoms with E-state index in [2.05, 4.69) is 24.3 Å². The van der Waals surface area contributed by atoms with E-state index in [-0.39, 0.29) is 21.7 Å². The summed E-state index contributed by atoms with van der Waals surface area (Å²) >= 11 is 0. The van der Waals surface area contributed by atoms with Gasteiger partial charge in [0.25, 0.3) is 0 Å². The topological polar surface area (TPSA) is 46.1 Å². The van der Waals surface area contributed by atoms with Crippen molar-refractivity contribution in [3.05, 3.63) is 48.6 Å². The SMILES string of the molecule is C[O-].C[O-].[C-]1=CC=CC1.[C-]1=CC=CC1.[Ti+4]. The van der Waals surface area contributed by atoms with Crippen LogP contribution in [-0.4, -0.2) is 14.2 Å². The third-order valence-corrected chi connectivity index (χ3v) is 1.17. The van der Waals surface area contributed by atoms with Gasteiger partial charge in [0.15, 0.2) is 0 Å². The van der Waals surface area contributed by atoms with Crippen LogP contribution in [0.15, 0.2) is 36.5 Å². The van der Waals surface area contributed by atoms with Gasteiger partial charge in [-0.3, -0.25) is 12.2 Å². The molecule has 2 aliphatic rings. The van der Waals surface area contributed by atoms with Crippen LogP contribution in [0.5, 0.6) is 0 Å². The second kappa shape index (κ2) is 23.4. The maximum Gasteiger partial charge on any atom is 4.00 e. The van der Waals surface area contributed by atoms with Gasteiger partial charge in [-0.2, -0.15) is 26.4 Å². The number of hydrogen-bond donors (Lipinski definition) is 0. The molecule has 2 aliphatic carbocycles. The summed E-state index contributed by atoms with van der Waals surface area (Å²) in [5, 5.41) is 16.5. The van der Waals surface area contributed by atoms with Crippen molar-refractivity contribution in [3.63, 3.8) is 0 Å². The normalized spacial score (nSPS) is 12.5. The standard InChI is InChI=1S/2C5H5.2CH3O.Ti/c2*1-2-4-5-3-1;2*1-2;/h2*1-3H,4H2;2*1H3;/q4*-1;+4. The fraction of sp³-hybridized carbons (Fsp3) is 0.333. The monoisotopic (exact) mass is 240 g/mol. The van der Waals surface area contributed by atoms with Crippen molar-refractivity contribution in [2.24, 2.45) is 0 Å². The van der Waals surface area contributed by atoms with E-state index in [9.17, 15) is 0 Å². The van der Waals surface area contributed by atoms with E-state index in [1.807, 2.05) is 24.3 Å². The maximum absolute atomic E-state index is 8.25. The van der Waals surface area contributed by atoms with E-state index >= 15 is 0 Å². The fourth-order valence-electron chi connectivity index (χ4n) is 0.680. The summed E-state index contributed by atoms with van der Waals surface area (Å²) in [5.74, 6) is 0. The molecular formula is C12H16O2Ti. The van der Waals surface area contributed by atoms with Gasteiger partial charge in [-0.1, -0.05) is 0 Å². The molecule has 3 heteroatoms. The molecule has 0 radical (unpaired) electrons. The minimum atomic E-state index is 0. The summed E-state index contributed by atoms with van der Waals surface area (Å²) in [5.41, 5.74) is 0. The quantitative estimate of drug-likeness (QED) is 0.459. The summed E-state index contributed by atoms with van der Waals surface area (Å²) < 4.78 is 0. The van der Waals surface area contributed by atoms with E-state index < -0.39 is 0 Å². The van der Waals surface area contributed by atoms with Gasteiger partial charge in [-0.25, -0.2) is 24.3 Å². The Morgan fingerprint density at radius 1 is 0.800 bits per heavy atom. The van der Waals surface area contributed by atoms with Crippen LogP contribution in [0.2, 0.25) is 0 Å². The van der Waals surface area contributed by atoms with Gasteiger partial charge in [0.1, 0.15) is 0 Å². The van der Waals surface area contributed by atoms with Gasteiger partial charge in [-0.15, -0.1) is 12.8 Å². The van der Waals surface area contributed by atoms with Crippen LogP contribution in [0.4, 0.5) is 0 Å². The molecule has 0 aliphatic heterocycles. The summed E-state index contributed by atoms with van der Waals surface area (Å²) in [6.45, 7) is 0. The smallest absolute Gasteiger partial charge is 0.857 e. The first kappa shape index (κ1) is 20.1. The predicted octanol–water partition coefficient (Wildman–Crippen LogP) is 0.562. The Bertz CT molecular complexity index is 152. The number of rotatable bonds is 0. The molecule has 0 N–H and O–H groups in total. The Hall–Kier alpha value is -0.406. The third-order valence-electron chi connectivity index (χ3n) is 1.17. The largest absolute Gasteiger partial charge is 4.00 e. The number of hydrogen-bond acceptors (Lipinski definition) is 2. The summed E-state index contributed by atoms with van der Waals surface area (Å²) in [6.07, 6.45) is 20.0. The molecule has 0 spiro atoms. The summed E-state index contributed by atoms with van der Waals surface area (Å²) in [6, 6.07) is 0. The van der Waals surface area contributed by atoms with Crippen LogP contribution in [-0.2, 0) is 21.7 Å². The van der Waals surface area contributed by atoms with Crippen molar-refractivity contribution in [3.8, 4) is 0 Å². The molecule has 15 heavy (non-hydrogen) atoms. The Morgan fingerprint density at radius 2 is 1.13 bits per heavy atom. The molecule has 0 aromatic heterocycles. The molecule has 0 saturated carbocycles. The zero-order valence-electron chi connectivity index (χ0n) is 9.19. The Kier molecular flexibility index (Phi) is 31.3. The molecule has 0 amide bonds. The summed E-state index contributed by atoms with van der Waals surface area (Å²) in [7, 11) is 1.50. The Morgan fingerprint density at radius 3 is 1.20 bits per heavy atom. The Labute approximate surface area is 108 Å². The third kappa shape index (κ3) is 19.9. The van der Waals surface area contributed by atoms with Crippen LogP contribution in [0.3, 0.4) is 0 Å². The first-order chi connectivity index (χ1) is 7.00. The second-order valence-electron chi connectivity index (χ2n) is 2.01. The minimum absolute atomic E-state index is 0. The van der Waals surface area contributed by atoms with E-state index in [1.165, 1.54) is 0 Å². The zero-order chi connectivity index (χ0) is 11.1. The van der Waals surface area contributed by atoms with Crippen molar-refractivity contribution in [2.45, 2.75) is 12.8 Å². The molecule has 0 heterocycles. The van der Waals surface area contributed by atoms with Gasteiger partial charge in [-0.05, 0) is 0 Å². The van der Waals surface area contributed by atoms with Crippen LogP contribution in [0.25, 0.3) is 0 Å². The maximum atomic E-state index is 8.25. The van der Waals surface area contributed by atoms with E-state index in [0.717, 1.165) is 27.1 Å². The van der Waals surface area contributed by atoms with Crippen LogP contribution >= 0.6 is 0 Å². The molecule has 0 aromatic carbocycles. The van der Waals surface area contributed by atoms with Gasteiger partial charge < -0.3 is 10.2 Å². The van der Waals surface area contributed by atoms with Gasteiger partial charge >= 0.3 is 21.7 Å². The first-order valence-electron chi connectivity index (χ1n) is 4.25. The molecule has 0 saturated heterocycles.